The van der Waals surface area contributed by atoms with E-state index in [0.717, 1.165) is 0 Å². The van der Waals surface area contributed by atoms with Crippen molar-refractivity contribution in [2.24, 2.45) is 17.4 Å². The average molecular weight is 249 g/mol. The molecule has 0 heterocycles. The predicted octanol–water partition coefficient (Wildman–Crippen LogP) is 0.313. The molecule has 5 heteroatoms. The number of hydrogen-bond donors (Lipinski definition) is 3. The van der Waals surface area contributed by atoms with E-state index in [2.05, 4.69) is 5.32 Å². The van der Waals surface area contributed by atoms with Gasteiger partial charge < -0.3 is 16.8 Å². The zero-order valence-electron chi connectivity index (χ0n) is 10.6. The van der Waals surface area contributed by atoms with Crippen LogP contribution in [-0.4, -0.2) is 17.9 Å². The van der Waals surface area contributed by atoms with Crippen molar-refractivity contribution in [3.63, 3.8) is 0 Å². The summed E-state index contributed by atoms with van der Waals surface area (Å²) in [5.41, 5.74) is 11.7. The average Bonchev–Trinajstić information content (AvgIpc) is 2.35. The van der Waals surface area contributed by atoms with Gasteiger partial charge in [0.2, 0.25) is 11.8 Å². The monoisotopic (exact) mass is 249 g/mol. The van der Waals surface area contributed by atoms with E-state index >= 15 is 0 Å². The van der Waals surface area contributed by atoms with Crippen LogP contribution in [0.5, 0.6) is 0 Å². The maximum atomic E-state index is 11.8. The maximum Gasteiger partial charge on any atom is 0.244 e. The third-order valence-electron chi connectivity index (χ3n) is 2.73. The highest BCUT2D eigenvalue weighted by Crippen LogP contribution is 2.12. The van der Waals surface area contributed by atoms with Crippen molar-refractivity contribution in [2.45, 2.75) is 25.9 Å². The molecule has 0 fully saturated rings. The van der Waals surface area contributed by atoms with E-state index in [1.807, 2.05) is 19.9 Å². The van der Waals surface area contributed by atoms with Crippen LogP contribution in [0.4, 0.5) is 0 Å². The van der Waals surface area contributed by atoms with Crippen LogP contribution >= 0.6 is 0 Å². The standard InChI is InChI=1S/C13H19N3O2/c1-8(2)10(14)13(18)16-11(12(15)17)9-6-4-3-5-7-9/h3-8,10-11H,14H2,1-2H3,(H2,15,17)(H,16,18). The minimum Gasteiger partial charge on any atom is -0.368 e. The van der Waals surface area contributed by atoms with Crippen LogP contribution in [0, 0.1) is 5.92 Å². The Labute approximate surface area is 107 Å². The number of primary amides is 1. The molecule has 0 aromatic heterocycles. The van der Waals surface area contributed by atoms with Gasteiger partial charge in [0.05, 0.1) is 6.04 Å². The van der Waals surface area contributed by atoms with Crippen LogP contribution < -0.4 is 16.8 Å². The van der Waals surface area contributed by atoms with Crippen LogP contribution in [0.25, 0.3) is 0 Å². The zero-order valence-corrected chi connectivity index (χ0v) is 10.6. The summed E-state index contributed by atoms with van der Waals surface area (Å²) >= 11 is 0. The summed E-state index contributed by atoms with van der Waals surface area (Å²) in [6.45, 7) is 3.68. The Kier molecular flexibility index (Phi) is 4.85. The summed E-state index contributed by atoms with van der Waals surface area (Å²) in [5.74, 6) is -0.988. The van der Waals surface area contributed by atoms with Gasteiger partial charge in [0.25, 0.3) is 0 Å². The molecule has 5 nitrogen and oxygen atoms in total. The van der Waals surface area contributed by atoms with Crippen LogP contribution in [0.15, 0.2) is 30.3 Å². The van der Waals surface area contributed by atoms with Crippen molar-refractivity contribution in [1.82, 2.24) is 5.32 Å². The Morgan fingerprint density at radius 3 is 2.17 bits per heavy atom. The fraction of sp³-hybridized carbons (Fsp3) is 0.385. The van der Waals surface area contributed by atoms with Gasteiger partial charge in [-0.15, -0.1) is 0 Å². The molecular formula is C13H19N3O2. The normalized spacial score (nSPS) is 14.0. The summed E-state index contributed by atoms with van der Waals surface area (Å²) in [7, 11) is 0. The maximum absolute atomic E-state index is 11.8. The number of amides is 2. The van der Waals surface area contributed by atoms with Crippen molar-refractivity contribution >= 4 is 11.8 Å². The third kappa shape index (κ3) is 3.56. The lowest BCUT2D eigenvalue weighted by Gasteiger charge is -2.20. The fourth-order valence-corrected chi connectivity index (χ4v) is 1.51. The van der Waals surface area contributed by atoms with Gasteiger partial charge in [0.15, 0.2) is 0 Å². The van der Waals surface area contributed by atoms with E-state index in [9.17, 15) is 9.59 Å². The van der Waals surface area contributed by atoms with E-state index in [1.54, 1.807) is 24.3 Å². The van der Waals surface area contributed by atoms with Crippen molar-refractivity contribution in [1.29, 1.82) is 0 Å². The Bertz CT molecular complexity index is 418. The van der Waals surface area contributed by atoms with Gasteiger partial charge in [-0.25, -0.2) is 0 Å². The Balaban J connectivity index is 2.83. The molecule has 1 aromatic rings. The van der Waals surface area contributed by atoms with Crippen molar-refractivity contribution in [3.8, 4) is 0 Å². The highest BCUT2D eigenvalue weighted by molar-refractivity contribution is 5.89. The molecule has 5 N–H and O–H groups in total. The quantitative estimate of drug-likeness (QED) is 0.700. The molecule has 0 saturated carbocycles. The predicted molar refractivity (Wildman–Crippen MR) is 69.3 cm³/mol. The zero-order chi connectivity index (χ0) is 13.7. The molecule has 0 bridgehead atoms. The highest BCUT2D eigenvalue weighted by Gasteiger charge is 2.24. The number of carbonyl (C=O) groups excluding carboxylic acids is 2. The molecule has 98 valence electrons. The van der Waals surface area contributed by atoms with Crippen LogP contribution in [-0.2, 0) is 9.59 Å². The lowest BCUT2D eigenvalue weighted by molar-refractivity contribution is -0.128. The number of nitrogens with two attached hydrogens (primary N) is 2. The summed E-state index contributed by atoms with van der Waals surface area (Å²) in [5, 5.41) is 2.58. The van der Waals surface area contributed by atoms with Gasteiger partial charge in [0, 0.05) is 0 Å². The first-order valence-corrected chi connectivity index (χ1v) is 5.83. The molecule has 1 aromatic carbocycles. The summed E-state index contributed by atoms with van der Waals surface area (Å²) in [4.78, 5) is 23.2. The second kappa shape index (κ2) is 6.16. The molecule has 18 heavy (non-hydrogen) atoms. The molecule has 2 unspecified atom stereocenters. The summed E-state index contributed by atoms with van der Waals surface area (Å²) in [6.07, 6.45) is 0. The van der Waals surface area contributed by atoms with Gasteiger partial charge in [-0.2, -0.15) is 0 Å². The van der Waals surface area contributed by atoms with Gasteiger partial charge in [-0.1, -0.05) is 44.2 Å². The second-order valence-corrected chi connectivity index (χ2v) is 4.52. The number of hydrogen-bond acceptors (Lipinski definition) is 3. The van der Waals surface area contributed by atoms with E-state index in [0.29, 0.717) is 5.56 Å². The van der Waals surface area contributed by atoms with E-state index in [-0.39, 0.29) is 11.8 Å². The number of carbonyl (C=O) groups is 2. The first-order chi connectivity index (χ1) is 8.43. The van der Waals surface area contributed by atoms with E-state index < -0.39 is 18.0 Å². The molecule has 1 rings (SSSR count). The van der Waals surface area contributed by atoms with Crippen molar-refractivity contribution in [3.05, 3.63) is 35.9 Å². The van der Waals surface area contributed by atoms with Gasteiger partial charge in [0.1, 0.15) is 6.04 Å². The molecular weight excluding hydrogens is 230 g/mol. The minimum atomic E-state index is -0.844. The lowest BCUT2D eigenvalue weighted by atomic mass is 10.0. The molecule has 0 spiro atoms. The summed E-state index contributed by atoms with van der Waals surface area (Å²) < 4.78 is 0. The first-order valence-electron chi connectivity index (χ1n) is 5.83. The largest absolute Gasteiger partial charge is 0.368 e. The Morgan fingerprint density at radius 2 is 1.72 bits per heavy atom. The SMILES string of the molecule is CC(C)C(N)C(=O)NC(C(N)=O)c1ccccc1. The van der Waals surface area contributed by atoms with E-state index in [4.69, 9.17) is 11.5 Å². The van der Waals surface area contributed by atoms with Gasteiger partial charge >= 0.3 is 0 Å². The lowest BCUT2D eigenvalue weighted by Crippen LogP contribution is -2.47. The van der Waals surface area contributed by atoms with E-state index in [1.165, 1.54) is 0 Å². The molecule has 2 amide bonds. The highest BCUT2D eigenvalue weighted by atomic mass is 16.2. The topological polar surface area (TPSA) is 98.2 Å². The van der Waals surface area contributed by atoms with Crippen LogP contribution in [0.2, 0.25) is 0 Å². The molecule has 0 aliphatic heterocycles. The first kappa shape index (κ1) is 14.2. The molecule has 0 aliphatic rings. The smallest absolute Gasteiger partial charge is 0.244 e. The molecule has 0 aliphatic carbocycles. The van der Waals surface area contributed by atoms with Gasteiger partial charge in [-0.05, 0) is 11.5 Å². The molecule has 0 saturated heterocycles. The Morgan fingerprint density at radius 1 is 1.17 bits per heavy atom. The fourth-order valence-electron chi connectivity index (χ4n) is 1.51. The van der Waals surface area contributed by atoms with Crippen LogP contribution in [0.1, 0.15) is 25.5 Å². The number of rotatable bonds is 5. The molecule has 2 atom stereocenters. The number of benzene rings is 1. The molecule has 0 radical (unpaired) electrons. The van der Waals surface area contributed by atoms with Crippen molar-refractivity contribution in [2.75, 3.05) is 0 Å². The van der Waals surface area contributed by atoms with Crippen molar-refractivity contribution < 1.29 is 9.59 Å². The Hall–Kier alpha value is -1.88. The second-order valence-electron chi connectivity index (χ2n) is 4.52. The number of nitrogens with one attached hydrogen (secondary N) is 1. The third-order valence-corrected chi connectivity index (χ3v) is 2.73. The summed E-state index contributed by atoms with van der Waals surface area (Å²) in [6, 6.07) is 7.34. The minimum absolute atomic E-state index is 0.00528. The van der Waals surface area contributed by atoms with Gasteiger partial charge in [-0.3, -0.25) is 9.59 Å². The van der Waals surface area contributed by atoms with Crippen LogP contribution in [0.3, 0.4) is 0 Å².